The standard InChI is InChI=1S/C20H22BrClN2.C19H20BrClN2/c1-24-8-6-13(7-9-24)19-18-5-4-17(22)11-14(18)2-3-15-10-16(21)12-23-20(15)19;20-15-9-14-2-1-13-10-16(21)3-4-17(13)18(19(14)23-11-15)12-5-7-22-8-6-12/h4-5,10-13,19H,2-3,6-9H2,1H3;3-4,9-12,18,22H,1-2,5-8H2. The van der Waals surface area contributed by atoms with Gasteiger partial charge in [-0.1, -0.05) is 35.3 Å². The molecule has 2 aromatic heterocycles. The lowest BCUT2D eigenvalue weighted by Gasteiger charge is -2.35. The van der Waals surface area contributed by atoms with E-state index in [0.717, 1.165) is 57.8 Å². The highest BCUT2D eigenvalue weighted by atomic mass is 79.9. The van der Waals surface area contributed by atoms with Crippen LogP contribution in [0.3, 0.4) is 0 Å². The number of likely N-dealkylation sites (tertiary alicyclic amines) is 1. The van der Waals surface area contributed by atoms with E-state index in [1.807, 2.05) is 24.5 Å². The van der Waals surface area contributed by atoms with Gasteiger partial charge in [0.1, 0.15) is 0 Å². The van der Waals surface area contributed by atoms with Crippen molar-refractivity contribution < 1.29 is 0 Å². The SMILES string of the molecule is CN1CCC(C2c3ccc(Cl)cc3CCc3cc(Br)cnc32)CC1.Clc1ccc2c(c1)CCc1cc(Br)cnc1C2C1CCNCC1. The highest BCUT2D eigenvalue weighted by Crippen LogP contribution is 2.44. The third-order valence-electron chi connectivity index (χ3n) is 10.8. The Balaban J connectivity index is 0.000000150. The molecule has 4 heterocycles. The molecule has 2 aromatic carbocycles. The summed E-state index contributed by atoms with van der Waals surface area (Å²) >= 11 is 19.7. The number of nitrogens with zero attached hydrogens (tertiary/aromatic N) is 3. The van der Waals surface area contributed by atoms with Gasteiger partial charge in [-0.25, -0.2) is 0 Å². The molecule has 246 valence electrons. The zero-order valence-electron chi connectivity index (χ0n) is 26.9. The number of aromatic nitrogens is 2. The van der Waals surface area contributed by atoms with Crippen molar-refractivity contribution in [2.45, 2.75) is 63.2 Å². The summed E-state index contributed by atoms with van der Waals surface area (Å²) in [5.41, 5.74) is 11.0. The molecule has 8 heteroatoms. The Kier molecular flexibility index (Phi) is 10.7. The first-order valence-corrected chi connectivity index (χ1v) is 19.4. The number of halogens is 4. The molecule has 4 nitrogen and oxygen atoms in total. The summed E-state index contributed by atoms with van der Waals surface area (Å²) in [5, 5.41) is 5.17. The molecule has 0 radical (unpaired) electrons. The van der Waals surface area contributed by atoms with Crippen molar-refractivity contribution in [3.63, 3.8) is 0 Å². The number of hydrogen-bond donors (Lipinski definition) is 1. The summed E-state index contributed by atoms with van der Waals surface area (Å²) in [6, 6.07) is 17.4. The Morgan fingerprint density at radius 3 is 1.57 bits per heavy atom. The van der Waals surface area contributed by atoms with Crippen LogP contribution in [0.4, 0.5) is 0 Å². The van der Waals surface area contributed by atoms with E-state index in [-0.39, 0.29) is 0 Å². The second-order valence-electron chi connectivity index (χ2n) is 13.8. The first-order valence-electron chi connectivity index (χ1n) is 17.1. The molecular weight excluding hydrogens is 755 g/mol. The lowest BCUT2D eigenvalue weighted by atomic mass is 9.76. The van der Waals surface area contributed by atoms with E-state index in [0.29, 0.717) is 23.7 Å². The minimum absolute atomic E-state index is 0.398. The molecule has 0 spiro atoms. The van der Waals surface area contributed by atoms with Crippen LogP contribution in [0.25, 0.3) is 0 Å². The van der Waals surface area contributed by atoms with Crippen LogP contribution < -0.4 is 5.32 Å². The average molecular weight is 798 g/mol. The van der Waals surface area contributed by atoms with E-state index in [1.54, 1.807) is 0 Å². The van der Waals surface area contributed by atoms with E-state index < -0.39 is 0 Å². The van der Waals surface area contributed by atoms with Crippen LogP contribution in [-0.2, 0) is 25.7 Å². The molecule has 0 saturated carbocycles. The summed E-state index contributed by atoms with van der Waals surface area (Å²) in [6.07, 6.45) is 13.0. The smallest absolute Gasteiger partial charge is 0.0514 e. The van der Waals surface area contributed by atoms with E-state index in [2.05, 4.69) is 85.5 Å². The van der Waals surface area contributed by atoms with Crippen molar-refractivity contribution in [3.8, 4) is 0 Å². The normalized spacial score (nSPS) is 21.6. The summed E-state index contributed by atoms with van der Waals surface area (Å²) in [4.78, 5) is 12.2. The molecule has 1 N–H and O–H groups in total. The predicted molar refractivity (Wildman–Crippen MR) is 201 cm³/mol. The molecule has 4 aliphatic rings. The zero-order valence-corrected chi connectivity index (χ0v) is 31.6. The van der Waals surface area contributed by atoms with Gasteiger partial charge in [-0.3, -0.25) is 9.97 Å². The molecule has 4 aromatic rings. The van der Waals surface area contributed by atoms with Gasteiger partial charge in [-0.2, -0.15) is 0 Å². The lowest BCUT2D eigenvalue weighted by Crippen LogP contribution is -2.33. The van der Waals surface area contributed by atoms with Crippen LogP contribution in [0, 0.1) is 11.8 Å². The number of rotatable bonds is 2. The van der Waals surface area contributed by atoms with E-state index >= 15 is 0 Å². The fourth-order valence-corrected chi connectivity index (χ4v) is 9.61. The van der Waals surface area contributed by atoms with Gasteiger partial charge in [0.05, 0.1) is 11.4 Å². The Labute approximate surface area is 306 Å². The van der Waals surface area contributed by atoms with Gasteiger partial charge in [-0.15, -0.1) is 0 Å². The monoisotopic (exact) mass is 794 g/mol. The molecule has 47 heavy (non-hydrogen) atoms. The molecule has 2 unspecified atom stereocenters. The number of pyridine rings is 2. The Hall–Kier alpha value is -1.80. The first kappa shape index (κ1) is 33.7. The van der Waals surface area contributed by atoms with Gasteiger partial charge >= 0.3 is 0 Å². The van der Waals surface area contributed by atoms with Crippen LogP contribution in [-0.4, -0.2) is 48.1 Å². The fraction of sp³-hybridized carbons (Fsp3) is 0.436. The van der Waals surface area contributed by atoms with Crippen LogP contribution in [0.1, 0.15) is 82.3 Å². The van der Waals surface area contributed by atoms with Crippen molar-refractivity contribution >= 4 is 55.1 Å². The molecule has 0 bridgehead atoms. The maximum Gasteiger partial charge on any atom is 0.0514 e. The molecule has 2 aliphatic carbocycles. The van der Waals surface area contributed by atoms with E-state index in [1.165, 1.54) is 83.5 Å². The van der Waals surface area contributed by atoms with Crippen LogP contribution in [0.15, 0.2) is 69.9 Å². The van der Waals surface area contributed by atoms with Crippen LogP contribution in [0.5, 0.6) is 0 Å². The highest BCUT2D eigenvalue weighted by molar-refractivity contribution is 9.10. The quantitative estimate of drug-likeness (QED) is 0.220. The molecule has 0 amide bonds. The van der Waals surface area contributed by atoms with Crippen LogP contribution >= 0.6 is 55.1 Å². The second-order valence-corrected chi connectivity index (χ2v) is 16.5. The second kappa shape index (κ2) is 15.0. The van der Waals surface area contributed by atoms with E-state index in [4.69, 9.17) is 33.2 Å². The van der Waals surface area contributed by atoms with Crippen molar-refractivity contribution in [2.24, 2.45) is 11.8 Å². The van der Waals surface area contributed by atoms with Gasteiger partial charge in [0, 0.05) is 43.2 Å². The minimum atomic E-state index is 0.398. The van der Waals surface area contributed by atoms with Crippen molar-refractivity contribution in [1.82, 2.24) is 20.2 Å². The van der Waals surface area contributed by atoms with Crippen molar-refractivity contribution in [1.29, 1.82) is 0 Å². The third-order valence-corrected chi connectivity index (χ3v) is 12.2. The van der Waals surface area contributed by atoms with Gasteiger partial charge in [0.15, 0.2) is 0 Å². The summed E-state index contributed by atoms with van der Waals surface area (Å²) in [7, 11) is 2.22. The average Bonchev–Trinajstić information content (AvgIpc) is 3.33. The Morgan fingerprint density at radius 1 is 0.638 bits per heavy atom. The van der Waals surface area contributed by atoms with Gasteiger partial charge in [0.25, 0.3) is 0 Å². The Morgan fingerprint density at radius 2 is 1.09 bits per heavy atom. The Bertz CT molecular complexity index is 1630. The maximum absolute atomic E-state index is 6.29. The van der Waals surface area contributed by atoms with Crippen molar-refractivity contribution in [2.75, 3.05) is 33.2 Å². The third kappa shape index (κ3) is 7.54. The summed E-state index contributed by atoms with van der Waals surface area (Å²) in [5.74, 6) is 2.11. The molecule has 2 aliphatic heterocycles. The lowest BCUT2D eigenvalue weighted by molar-refractivity contribution is 0.206. The summed E-state index contributed by atoms with van der Waals surface area (Å²) < 4.78 is 2.15. The topological polar surface area (TPSA) is 41.1 Å². The molecular formula is C39H42Br2Cl2N4. The number of aryl methyl sites for hydroxylation is 4. The van der Waals surface area contributed by atoms with Crippen LogP contribution in [0.2, 0.25) is 10.0 Å². The number of nitrogens with one attached hydrogen (secondary N) is 1. The van der Waals surface area contributed by atoms with Gasteiger partial charge in [0.2, 0.25) is 0 Å². The molecule has 2 atom stereocenters. The fourth-order valence-electron chi connectivity index (χ4n) is 8.46. The van der Waals surface area contributed by atoms with Gasteiger partial charge in [-0.05, 0) is 198 Å². The number of hydrogen-bond acceptors (Lipinski definition) is 4. The number of fused-ring (bicyclic) bond motifs is 4. The van der Waals surface area contributed by atoms with Gasteiger partial charge < -0.3 is 10.2 Å². The molecule has 2 fully saturated rings. The maximum atomic E-state index is 6.29. The molecule has 8 rings (SSSR count). The van der Waals surface area contributed by atoms with E-state index in [9.17, 15) is 0 Å². The number of benzene rings is 2. The van der Waals surface area contributed by atoms with Crippen molar-refractivity contribution in [3.05, 3.63) is 125 Å². The minimum Gasteiger partial charge on any atom is -0.317 e. The zero-order chi connectivity index (χ0) is 32.5. The molecule has 2 saturated heterocycles. The predicted octanol–water partition coefficient (Wildman–Crippen LogP) is 9.80. The first-order chi connectivity index (χ1) is 22.8. The summed E-state index contributed by atoms with van der Waals surface area (Å²) in [6.45, 7) is 4.57. The highest BCUT2D eigenvalue weighted by Gasteiger charge is 2.34. The number of piperidine rings is 2. The largest absolute Gasteiger partial charge is 0.317 e.